The molecule has 1 fully saturated rings. The van der Waals surface area contributed by atoms with Crippen LogP contribution >= 0.6 is 0 Å². The molecule has 2 heterocycles. The van der Waals surface area contributed by atoms with Gasteiger partial charge in [0.15, 0.2) is 0 Å². The molecular formula is C17H14F2N4O. The van der Waals surface area contributed by atoms with Crippen molar-refractivity contribution < 1.29 is 13.6 Å². The van der Waals surface area contributed by atoms with Crippen LogP contribution in [0.5, 0.6) is 0 Å². The largest absolute Gasteiger partial charge is 0.310 e. The summed E-state index contributed by atoms with van der Waals surface area (Å²) in [4.78, 5) is 16.2. The molecule has 1 aromatic carbocycles. The lowest BCUT2D eigenvalue weighted by molar-refractivity contribution is -0.145. The fourth-order valence-corrected chi connectivity index (χ4v) is 2.87. The maximum atomic E-state index is 12.9. The summed E-state index contributed by atoms with van der Waals surface area (Å²) in [6.45, 7) is 0. The molecular weight excluding hydrogens is 314 g/mol. The van der Waals surface area contributed by atoms with Crippen LogP contribution < -0.4 is 5.32 Å². The molecule has 5 nitrogen and oxygen atoms in total. The number of halogens is 2. The van der Waals surface area contributed by atoms with Gasteiger partial charge in [-0.25, -0.2) is 13.8 Å². The van der Waals surface area contributed by atoms with Crippen molar-refractivity contribution in [2.24, 2.45) is 5.92 Å². The number of nitrogens with one attached hydrogen (secondary N) is 2. The molecule has 24 heavy (non-hydrogen) atoms. The summed E-state index contributed by atoms with van der Waals surface area (Å²) in [6, 6.07) is 7.61. The maximum Gasteiger partial charge on any atom is 0.249 e. The summed E-state index contributed by atoms with van der Waals surface area (Å²) >= 11 is 0. The van der Waals surface area contributed by atoms with Gasteiger partial charge in [-0.05, 0) is 23.1 Å². The minimum Gasteiger partial charge on any atom is -0.310 e. The molecule has 0 radical (unpaired) electrons. The van der Waals surface area contributed by atoms with Gasteiger partial charge in [0.2, 0.25) is 11.8 Å². The SMILES string of the molecule is O=C(Nc1cc2cc(-c3cn[nH]c3)ccc2cn1)C1CC(F)(F)C1. The Morgan fingerprint density at radius 1 is 1.17 bits per heavy atom. The molecule has 4 rings (SSSR count). The normalized spacial score (nSPS) is 16.8. The molecule has 1 aliphatic carbocycles. The zero-order chi connectivity index (χ0) is 16.7. The zero-order valence-corrected chi connectivity index (χ0v) is 12.6. The highest BCUT2D eigenvalue weighted by Crippen LogP contribution is 2.42. The monoisotopic (exact) mass is 328 g/mol. The van der Waals surface area contributed by atoms with E-state index in [-0.39, 0.29) is 0 Å². The molecule has 0 unspecified atom stereocenters. The lowest BCUT2D eigenvalue weighted by Gasteiger charge is -2.33. The molecule has 3 aromatic rings. The molecule has 0 saturated heterocycles. The van der Waals surface area contributed by atoms with E-state index in [1.807, 2.05) is 18.2 Å². The lowest BCUT2D eigenvalue weighted by atomic mass is 9.81. The van der Waals surface area contributed by atoms with Crippen LogP contribution in [0.25, 0.3) is 21.9 Å². The first-order valence-electron chi connectivity index (χ1n) is 7.58. The Morgan fingerprint density at radius 3 is 2.71 bits per heavy atom. The summed E-state index contributed by atoms with van der Waals surface area (Å²) in [5.74, 6) is -3.39. The number of carbonyl (C=O) groups excluding carboxylic acids is 1. The van der Waals surface area contributed by atoms with Crippen molar-refractivity contribution >= 4 is 22.5 Å². The van der Waals surface area contributed by atoms with Crippen LogP contribution in [0, 0.1) is 5.92 Å². The third kappa shape index (κ3) is 2.73. The van der Waals surface area contributed by atoms with E-state index in [0.29, 0.717) is 5.82 Å². The minimum absolute atomic E-state index is 0.368. The summed E-state index contributed by atoms with van der Waals surface area (Å²) in [7, 11) is 0. The molecule has 2 N–H and O–H groups in total. The number of nitrogens with zero attached hydrogens (tertiary/aromatic N) is 2. The van der Waals surface area contributed by atoms with E-state index in [4.69, 9.17) is 0 Å². The number of rotatable bonds is 3. The topological polar surface area (TPSA) is 70.7 Å². The molecule has 1 aliphatic rings. The molecule has 0 spiro atoms. The predicted molar refractivity (Wildman–Crippen MR) is 85.6 cm³/mol. The molecule has 1 amide bonds. The van der Waals surface area contributed by atoms with Crippen LogP contribution in [0.1, 0.15) is 12.8 Å². The number of alkyl halides is 2. The molecule has 7 heteroatoms. The van der Waals surface area contributed by atoms with Gasteiger partial charge in [0.1, 0.15) is 5.82 Å². The number of H-pyrrole nitrogens is 1. The average Bonchev–Trinajstić information content (AvgIpc) is 3.06. The highest BCUT2D eigenvalue weighted by atomic mass is 19.3. The zero-order valence-electron chi connectivity index (χ0n) is 12.6. The van der Waals surface area contributed by atoms with Crippen LogP contribution in [0.2, 0.25) is 0 Å². The van der Waals surface area contributed by atoms with Crippen molar-refractivity contribution in [1.82, 2.24) is 15.2 Å². The first-order chi connectivity index (χ1) is 11.5. The van der Waals surface area contributed by atoms with Crippen LogP contribution in [0.4, 0.5) is 14.6 Å². The van der Waals surface area contributed by atoms with Gasteiger partial charge in [0.25, 0.3) is 0 Å². The van der Waals surface area contributed by atoms with Gasteiger partial charge < -0.3 is 5.32 Å². The van der Waals surface area contributed by atoms with Crippen LogP contribution in [0.3, 0.4) is 0 Å². The first-order valence-corrected chi connectivity index (χ1v) is 7.58. The average molecular weight is 328 g/mol. The van der Waals surface area contributed by atoms with Gasteiger partial charge in [0, 0.05) is 42.1 Å². The van der Waals surface area contributed by atoms with Crippen molar-refractivity contribution in [2.45, 2.75) is 18.8 Å². The fraction of sp³-hybridized carbons (Fsp3) is 0.235. The van der Waals surface area contributed by atoms with Crippen molar-refractivity contribution in [3.63, 3.8) is 0 Å². The number of amides is 1. The van der Waals surface area contributed by atoms with Crippen molar-refractivity contribution in [1.29, 1.82) is 0 Å². The van der Waals surface area contributed by atoms with E-state index in [1.165, 1.54) is 0 Å². The number of pyridine rings is 1. The van der Waals surface area contributed by atoms with Crippen LogP contribution in [-0.2, 0) is 4.79 Å². The molecule has 122 valence electrons. The number of aromatic nitrogens is 3. The Kier molecular flexibility index (Phi) is 3.30. The van der Waals surface area contributed by atoms with E-state index in [1.54, 1.807) is 24.7 Å². The summed E-state index contributed by atoms with van der Waals surface area (Å²) in [5.41, 5.74) is 1.94. The van der Waals surface area contributed by atoms with E-state index in [0.717, 1.165) is 21.9 Å². The second-order valence-corrected chi connectivity index (χ2v) is 6.07. The minimum atomic E-state index is -2.71. The van der Waals surface area contributed by atoms with Crippen molar-refractivity contribution in [2.75, 3.05) is 5.32 Å². The number of anilines is 1. The van der Waals surface area contributed by atoms with Gasteiger partial charge in [-0.15, -0.1) is 0 Å². The van der Waals surface area contributed by atoms with Gasteiger partial charge in [-0.1, -0.05) is 12.1 Å². The number of benzene rings is 1. The number of hydrogen-bond donors (Lipinski definition) is 2. The Labute approximate surface area is 136 Å². The highest BCUT2D eigenvalue weighted by Gasteiger charge is 2.48. The standard InChI is InChI=1S/C17H14F2N4O/c18-17(19)5-13(6-17)16(24)23-15-4-12-3-10(14-8-21-22-9-14)1-2-11(12)7-20-15/h1-4,7-9,13H,5-6H2,(H,21,22)(H,20,23,24). The smallest absolute Gasteiger partial charge is 0.249 e. The third-order valence-electron chi connectivity index (χ3n) is 4.27. The van der Waals surface area contributed by atoms with Gasteiger partial charge in [0.05, 0.1) is 6.20 Å². The van der Waals surface area contributed by atoms with Gasteiger partial charge in [-0.2, -0.15) is 5.10 Å². The van der Waals surface area contributed by atoms with Crippen molar-refractivity contribution in [3.8, 4) is 11.1 Å². The van der Waals surface area contributed by atoms with Gasteiger partial charge in [-0.3, -0.25) is 9.89 Å². The molecule has 0 aliphatic heterocycles. The molecule has 0 atom stereocenters. The van der Waals surface area contributed by atoms with Crippen LogP contribution in [-0.4, -0.2) is 27.0 Å². The summed E-state index contributed by atoms with van der Waals surface area (Å²) < 4.78 is 25.7. The molecule has 1 saturated carbocycles. The third-order valence-corrected chi connectivity index (χ3v) is 4.27. The Hall–Kier alpha value is -2.83. The van der Waals surface area contributed by atoms with Crippen LogP contribution in [0.15, 0.2) is 42.9 Å². The number of aromatic amines is 1. The summed E-state index contributed by atoms with van der Waals surface area (Å²) in [6.07, 6.45) is 4.39. The fourth-order valence-electron chi connectivity index (χ4n) is 2.87. The second-order valence-electron chi connectivity index (χ2n) is 6.07. The Morgan fingerprint density at radius 2 is 2.00 bits per heavy atom. The molecule has 2 aromatic heterocycles. The second kappa shape index (κ2) is 5.36. The number of hydrogen-bond acceptors (Lipinski definition) is 3. The quantitative estimate of drug-likeness (QED) is 0.771. The maximum absolute atomic E-state index is 12.9. The lowest BCUT2D eigenvalue weighted by Crippen LogP contribution is -2.42. The number of fused-ring (bicyclic) bond motifs is 1. The van der Waals surface area contributed by atoms with E-state index >= 15 is 0 Å². The Bertz CT molecular complexity index is 900. The van der Waals surface area contributed by atoms with E-state index in [2.05, 4.69) is 20.5 Å². The van der Waals surface area contributed by atoms with Crippen molar-refractivity contribution in [3.05, 3.63) is 42.9 Å². The predicted octanol–water partition coefficient (Wildman–Crippen LogP) is 3.61. The van der Waals surface area contributed by atoms with E-state index < -0.39 is 30.6 Å². The first kappa shape index (κ1) is 14.7. The summed E-state index contributed by atoms with van der Waals surface area (Å²) in [5, 5.41) is 11.1. The highest BCUT2D eigenvalue weighted by molar-refractivity contribution is 5.95. The number of carbonyl (C=O) groups is 1. The Balaban J connectivity index is 1.57. The van der Waals surface area contributed by atoms with Gasteiger partial charge >= 0.3 is 0 Å². The molecule has 0 bridgehead atoms. The van der Waals surface area contributed by atoms with E-state index in [9.17, 15) is 13.6 Å².